The van der Waals surface area contributed by atoms with Gasteiger partial charge in [0.2, 0.25) is 0 Å². The Labute approximate surface area is 186 Å². The van der Waals surface area contributed by atoms with Crippen LogP contribution in [0.5, 0.6) is 5.75 Å². The predicted octanol–water partition coefficient (Wildman–Crippen LogP) is 5.39. The molecule has 0 aliphatic heterocycles. The normalized spacial score (nSPS) is 13.4. The van der Waals surface area contributed by atoms with E-state index in [1.807, 2.05) is 6.92 Å². The van der Waals surface area contributed by atoms with Crippen LogP contribution in [0.3, 0.4) is 0 Å². The van der Waals surface area contributed by atoms with Crippen molar-refractivity contribution >= 4 is 17.3 Å². The monoisotopic (exact) mass is 463 g/mol. The molecular weight excluding hydrogens is 443 g/mol. The van der Waals surface area contributed by atoms with Crippen molar-refractivity contribution in [1.29, 1.82) is 0 Å². The number of halogens is 3. The summed E-state index contributed by atoms with van der Waals surface area (Å²) >= 11 is -1.74. The molecule has 0 amide bonds. The summed E-state index contributed by atoms with van der Waals surface area (Å²) in [6.07, 6.45) is -5.32. The lowest BCUT2D eigenvalue weighted by atomic mass is 9.97. The molecule has 0 heterocycles. The van der Waals surface area contributed by atoms with Crippen molar-refractivity contribution in [3.8, 4) is 16.9 Å². The van der Waals surface area contributed by atoms with Crippen molar-refractivity contribution in [2.75, 3.05) is 0 Å². The van der Waals surface area contributed by atoms with Gasteiger partial charge in [-0.05, 0) is 42.3 Å². The number of carbonyl (C=O) groups is 1. The Bertz CT molecular complexity index is 1060. The average Bonchev–Trinajstić information content (AvgIpc) is 2.73. The topological polar surface area (TPSA) is 81.6 Å². The van der Waals surface area contributed by atoms with E-state index < -0.39 is 41.9 Å². The summed E-state index contributed by atoms with van der Waals surface area (Å²) in [5.41, 5.74) is 1.93. The van der Waals surface area contributed by atoms with Crippen molar-refractivity contribution < 1.29 is 32.4 Å². The van der Waals surface area contributed by atoms with E-state index in [4.69, 9.17) is 0 Å². The maximum Gasteiger partial charge on any atom is 0.573 e. The molecule has 3 aromatic rings. The van der Waals surface area contributed by atoms with E-state index in [-0.39, 0.29) is 5.56 Å². The molecule has 3 aromatic carbocycles. The van der Waals surface area contributed by atoms with Crippen LogP contribution in [0.15, 0.2) is 77.7 Å². The van der Waals surface area contributed by atoms with Gasteiger partial charge < -0.3 is 14.4 Å². The summed E-state index contributed by atoms with van der Waals surface area (Å²) in [6.45, 7) is 1.88. The van der Waals surface area contributed by atoms with Gasteiger partial charge in [-0.3, -0.25) is 4.79 Å². The molecule has 168 valence electrons. The number of hydrogen-bond donors (Lipinski definition) is 2. The highest BCUT2D eigenvalue weighted by Gasteiger charge is 2.33. The lowest BCUT2D eigenvalue weighted by Gasteiger charge is -2.21. The fourth-order valence-corrected chi connectivity index (χ4v) is 4.08. The zero-order chi connectivity index (χ0) is 23.3. The molecule has 1 unspecified atom stereocenters. The molecule has 0 bridgehead atoms. The molecule has 0 fully saturated rings. The first-order chi connectivity index (χ1) is 15.1. The Morgan fingerprint density at radius 1 is 1.09 bits per heavy atom. The number of benzene rings is 3. The third kappa shape index (κ3) is 6.49. The highest BCUT2D eigenvalue weighted by Crippen LogP contribution is 2.36. The number of carboxylic acids is 1. The van der Waals surface area contributed by atoms with Gasteiger partial charge in [0, 0.05) is 5.56 Å². The largest absolute Gasteiger partial charge is 0.593 e. The quantitative estimate of drug-likeness (QED) is 0.438. The van der Waals surface area contributed by atoms with E-state index in [1.54, 1.807) is 54.6 Å². The number of carboxylic acid groups (broad SMARTS) is 1. The van der Waals surface area contributed by atoms with Gasteiger partial charge in [0.25, 0.3) is 0 Å². The average molecular weight is 463 g/mol. The minimum absolute atomic E-state index is 0.138. The maximum absolute atomic E-state index is 12.9. The minimum atomic E-state index is -4.89. The van der Waals surface area contributed by atoms with Gasteiger partial charge in [-0.15, -0.1) is 17.9 Å². The summed E-state index contributed by atoms with van der Waals surface area (Å²) in [5, 5.41) is 9.35. The second-order valence-electron chi connectivity index (χ2n) is 7.02. The number of alkyl halides is 3. The first kappa shape index (κ1) is 23.6. The molecule has 0 spiro atoms. The van der Waals surface area contributed by atoms with Crippen LogP contribution in [0, 0.1) is 6.92 Å². The zero-order valence-corrected chi connectivity index (χ0v) is 17.7. The zero-order valence-electron chi connectivity index (χ0n) is 16.9. The number of aryl methyl sites for hydroxylation is 1. The Kier molecular flexibility index (Phi) is 7.44. The molecule has 5 nitrogen and oxygen atoms in total. The minimum Gasteiger partial charge on any atom is -0.593 e. The second kappa shape index (κ2) is 10.1. The van der Waals surface area contributed by atoms with Gasteiger partial charge >= 0.3 is 12.3 Å². The molecule has 0 aliphatic carbocycles. The van der Waals surface area contributed by atoms with Crippen LogP contribution >= 0.6 is 0 Å². The number of rotatable bonds is 8. The molecule has 2 atom stereocenters. The van der Waals surface area contributed by atoms with Crippen LogP contribution in [0.4, 0.5) is 13.2 Å². The fraction of sp³-hybridized carbons (Fsp3) is 0.174. The van der Waals surface area contributed by atoms with Crippen LogP contribution in [-0.4, -0.2) is 22.0 Å². The van der Waals surface area contributed by atoms with Gasteiger partial charge in [-0.2, -0.15) is 0 Å². The second-order valence-corrected chi connectivity index (χ2v) is 8.26. The summed E-state index contributed by atoms with van der Waals surface area (Å²) in [6, 6.07) is 18.1. The van der Waals surface area contributed by atoms with Crippen molar-refractivity contribution in [2.45, 2.75) is 30.6 Å². The molecule has 0 saturated carbocycles. The molecule has 3 rings (SSSR count). The van der Waals surface area contributed by atoms with E-state index in [1.165, 1.54) is 12.1 Å². The van der Waals surface area contributed by atoms with Gasteiger partial charge in [-0.1, -0.05) is 54.1 Å². The summed E-state index contributed by atoms with van der Waals surface area (Å²) < 4.78 is 58.4. The lowest BCUT2D eigenvalue weighted by Crippen LogP contribution is -2.30. The maximum atomic E-state index is 12.9. The molecular formula is C23H20F3NO4S. The highest BCUT2D eigenvalue weighted by atomic mass is 32.2. The SMILES string of the molecule is Cc1ccc([S+]([O-])N[C@@H](CC(=O)O)c2ccc(OC(F)(F)F)c(-c3ccccc3)c2)cc1. The van der Waals surface area contributed by atoms with E-state index in [9.17, 15) is 27.6 Å². The fourth-order valence-electron chi connectivity index (χ4n) is 3.08. The Morgan fingerprint density at radius 2 is 1.75 bits per heavy atom. The van der Waals surface area contributed by atoms with E-state index >= 15 is 0 Å². The third-order valence-electron chi connectivity index (χ3n) is 4.58. The van der Waals surface area contributed by atoms with Crippen LogP contribution < -0.4 is 9.46 Å². The molecule has 0 aliphatic rings. The lowest BCUT2D eigenvalue weighted by molar-refractivity contribution is -0.274. The molecule has 0 aromatic heterocycles. The van der Waals surface area contributed by atoms with Gasteiger partial charge in [0.05, 0.1) is 23.8 Å². The van der Waals surface area contributed by atoms with Crippen LogP contribution in [0.25, 0.3) is 11.1 Å². The predicted molar refractivity (Wildman–Crippen MR) is 114 cm³/mol. The van der Waals surface area contributed by atoms with E-state index in [2.05, 4.69) is 9.46 Å². The molecule has 0 saturated heterocycles. The van der Waals surface area contributed by atoms with Crippen molar-refractivity contribution in [3.63, 3.8) is 0 Å². The number of nitrogens with one attached hydrogen (secondary N) is 1. The van der Waals surface area contributed by atoms with Gasteiger partial charge in [-0.25, -0.2) is 0 Å². The summed E-state index contributed by atoms with van der Waals surface area (Å²) in [4.78, 5) is 11.9. The summed E-state index contributed by atoms with van der Waals surface area (Å²) in [7, 11) is 0. The van der Waals surface area contributed by atoms with Crippen molar-refractivity contribution in [3.05, 3.63) is 83.9 Å². The van der Waals surface area contributed by atoms with Crippen LogP contribution in [0.1, 0.15) is 23.6 Å². The first-order valence-electron chi connectivity index (χ1n) is 9.54. The standard InChI is InChI=1S/C23H20F3NO4S/c1-15-7-10-18(11-8-15)32(30)27-20(14-22(28)29)17-9-12-21(31-23(24,25)26)19(13-17)16-5-3-2-4-6-16/h2-13,20,27H,14H2,1H3,(H,28,29)/t20-,32?/m0/s1. The molecule has 0 radical (unpaired) electrons. The molecule has 32 heavy (non-hydrogen) atoms. The third-order valence-corrected chi connectivity index (χ3v) is 5.78. The Hall–Kier alpha value is -3.01. The van der Waals surface area contributed by atoms with Crippen LogP contribution in [-0.2, 0) is 16.2 Å². The van der Waals surface area contributed by atoms with E-state index in [0.29, 0.717) is 16.0 Å². The first-order valence-corrected chi connectivity index (χ1v) is 10.7. The molecule has 2 N–H and O–H groups in total. The van der Waals surface area contributed by atoms with Crippen molar-refractivity contribution in [1.82, 2.24) is 4.72 Å². The van der Waals surface area contributed by atoms with Gasteiger partial charge in [0.15, 0.2) is 4.90 Å². The summed E-state index contributed by atoms with van der Waals surface area (Å²) in [5.74, 6) is -1.57. The highest BCUT2D eigenvalue weighted by molar-refractivity contribution is 7.89. The van der Waals surface area contributed by atoms with Crippen LogP contribution in [0.2, 0.25) is 0 Å². The van der Waals surface area contributed by atoms with E-state index in [0.717, 1.165) is 11.6 Å². The van der Waals surface area contributed by atoms with Gasteiger partial charge in [0.1, 0.15) is 5.75 Å². The Morgan fingerprint density at radius 3 is 2.34 bits per heavy atom. The number of aliphatic carboxylic acids is 1. The Balaban J connectivity index is 1.98. The number of hydrogen-bond acceptors (Lipinski definition) is 4. The smallest absolute Gasteiger partial charge is 0.573 e. The van der Waals surface area contributed by atoms with Crippen molar-refractivity contribution in [2.24, 2.45) is 0 Å². The number of ether oxygens (including phenoxy) is 1. The molecule has 9 heteroatoms.